The fourth-order valence-electron chi connectivity index (χ4n) is 4.85. The molecule has 186 valence electrons. The quantitative estimate of drug-likeness (QED) is 0.374. The van der Waals surface area contributed by atoms with Crippen molar-refractivity contribution in [1.29, 1.82) is 0 Å². The molecule has 0 amide bonds. The zero-order valence-corrected chi connectivity index (χ0v) is 20.9. The summed E-state index contributed by atoms with van der Waals surface area (Å²) in [6, 6.07) is 25.1. The molecule has 0 aliphatic carbocycles. The molecule has 2 atom stereocenters. The molecule has 0 aromatic heterocycles. The number of anilines is 1. The van der Waals surface area contributed by atoms with Crippen molar-refractivity contribution in [3.05, 3.63) is 95.8 Å². The Kier molecular flexibility index (Phi) is 8.42. The first-order valence-electron chi connectivity index (χ1n) is 12.7. The topological polar surface area (TPSA) is 35.9 Å². The highest BCUT2D eigenvalue weighted by Gasteiger charge is 2.36. The summed E-state index contributed by atoms with van der Waals surface area (Å²) in [4.78, 5) is 4.49. The maximum absolute atomic E-state index is 14.3. The van der Waals surface area contributed by atoms with Crippen molar-refractivity contribution >= 4 is 5.69 Å². The number of unbranched alkanes of at least 4 members (excludes halogenated alkanes) is 1. The van der Waals surface area contributed by atoms with Crippen molar-refractivity contribution in [2.75, 3.05) is 44.2 Å². The van der Waals surface area contributed by atoms with Gasteiger partial charge in [0.15, 0.2) is 0 Å². The van der Waals surface area contributed by atoms with Crippen molar-refractivity contribution in [3.63, 3.8) is 0 Å². The molecule has 0 unspecified atom stereocenters. The molecule has 5 heteroatoms. The van der Waals surface area contributed by atoms with E-state index in [1.165, 1.54) is 6.07 Å². The highest BCUT2D eigenvalue weighted by atomic mass is 19.1. The van der Waals surface area contributed by atoms with Crippen LogP contribution in [0.2, 0.25) is 0 Å². The highest BCUT2D eigenvalue weighted by Crippen LogP contribution is 2.38. The average molecular weight is 477 g/mol. The number of halogens is 1. The summed E-state index contributed by atoms with van der Waals surface area (Å²) in [5, 5.41) is 11.9. The van der Waals surface area contributed by atoms with Crippen LogP contribution >= 0.6 is 0 Å². The lowest BCUT2D eigenvalue weighted by atomic mass is 9.78. The number of ether oxygens (including phenoxy) is 1. The Hall–Kier alpha value is -2.89. The lowest BCUT2D eigenvalue weighted by Crippen LogP contribution is -2.49. The van der Waals surface area contributed by atoms with Gasteiger partial charge in [-0.1, -0.05) is 67.9 Å². The third-order valence-electron chi connectivity index (χ3n) is 7.09. The SMILES string of the molecule is CCCCOc1ccc([C@@](C)(O)[C@@H](CN2CCN(c3ccccc3F)CC2)c2ccccc2)cc1. The third-order valence-corrected chi connectivity index (χ3v) is 7.09. The Morgan fingerprint density at radius 2 is 1.57 bits per heavy atom. The number of rotatable bonds is 10. The van der Waals surface area contributed by atoms with E-state index in [4.69, 9.17) is 4.74 Å². The predicted molar refractivity (Wildman–Crippen MR) is 141 cm³/mol. The summed E-state index contributed by atoms with van der Waals surface area (Å²) in [6.07, 6.45) is 2.12. The molecule has 1 N–H and O–H groups in total. The van der Waals surface area contributed by atoms with Gasteiger partial charge in [0.05, 0.1) is 17.9 Å². The molecule has 3 aromatic rings. The summed E-state index contributed by atoms with van der Waals surface area (Å²) < 4.78 is 20.1. The maximum atomic E-state index is 14.3. The highest BCUT2D eigenvalue weighted by molar-refractivity contribution is 5.48. The van der Waals surface area contributed by atoms with E-state index in [9.17, 15) is 9.50 Å². The smallest absolute Gasteiger partial charge is 0.146 e. The van der Waals surface area contributed by atoms with Gasteiger partial charge in [0.2, 0.25) is 0 Å². The molecule has 0 saturated carbocycles. The van der Waals surface area contributed by atoms with E-state index < -0.39 is 5.60 Å². The Morgan fingerprint density at radius 3 is 2.23 bits per heavy atom. The van der Waals surface area contributed by atoms with Gasteiger partial charge < -0.3 is 14.7 Å². The zero-order valence-electron chi connectivity index (χ0n) is 20.9. The average Bonchev–Trinajstić information content (AvgIpc) is 2.89. The summed E-state index contributed by atoms with van der Waals surface area (Å²) in [7, 11) is 0. The second-order valence-electron chi connectivity index (χ2n) is 9.58. The molecule has 0 spiro atoms. The second-order valence-corrected chi connectivity index (χ2v) is 9.58. The van der Waals surface area contributed by atoms with Crippen LogP contribution in [0, 0.1) is 5.82 Å². The van der Waals surface area contributed by atoms with Crippen LogP contribution < -0.4 is 9.64 Å². The number of aliphatic hydroxyl groups is 1. The van der Waals surface area contributed by atoms with Crippen molar-refractivity contribution in [3.8, 4) is 5.75 Å². The van der Waals surface area contributed by atoms with Crippen molar-refractivity contribution < 1.29 is 14.2 Å². The molecular formula is C30H37FN2O2. The predicted octanol–water partition coefficient (Wildman–Crippen LogP) is 5.82. The molecule has 3 aromatic carbocycles. The molecule has 1 heterocycles. The number of nitrogens with zero attached hydrogens (tertiary/aromatic N) is 2. The standard InChI is InChI=1S/C30H37FN2O2/c1-3-4-22-35-26-16-14-25(15-17-26)30(2,34)27(24-10-6-5-7-11-24)23-32-18-20-33(21-19-32)29-13-9-8-12-28(29)31/h5-17,27,34H,3-4,18-23H2,1-2H3/t27-,30+/m0/s1. The first-order valence-corrected chi connectivity index (χ1v) is 12.7. The van der Waals surface area contributed by atoms with E-state index in [0.717, 1.165) is 62.4 Å². The number of piperazine rings is 1. The maximum Gasteiger partial charge on any atom is 0.146 e. The van der Waals surface area contributed by atoms with Gasteiger partial charge in [-0.2, -0.15) is 0 Å². The lowest BCUT2D eigenvalue weighted by molar-refractivity contribution is 0.0121. The van der Waals surface area contributed by atoms with Gasteiger partial charge in [0, 0.05) is 38.6 Å². The van der Waals surface area contributed by atoms with Crippen LogP contribution in [0.4, 0.5) is 10.1 Å². The van der Waals surface area contributed by atoms with Gasteiger partial charge >= 0.3 is 0 Å². The van der Waals surface area contributed by atoms with Crippen LogP contribution in [-0.4, -0.2) is 49.3 Å². The Bertz CT molecular complexity index is 1050. The van der Waals surface area contributed by atoms with Crippen LogP contribution in [0.5, 0.6) is 5.75 Å². The first kappa shape index (κ1) is 25.2. The molecule has 4 rings (SSSR count). The van der Waals surface area contributed by atoms with Gasteiger partial charge in [-0.15, -0.1) is 0 Å². The van der Waals surface area contributed by atoms with Gasteiger partial charge in [-0.25, -0.2) is 4.39 Å². The van der Waals surface area contributed by atoms with Crippen LogP contribution in [0.3, 0.4) is 0 Å². The molecule has 1 fully saturated rings. The lowest BCUT2D eigenvalue weighted by Gasteiger charge is -2.41. The summed E-state index contributed by atoms with van der Waals surface area (Å²) in [5.74, 6) is 0.544. The summed E-state index contributed by atoms with van der Waals surface area (Å²) in [6.45, 7) is 8.63. The monoisotopic (exact) mass is 476 g/mol. The largest absolute Gasteiger partial charge is 0.494 e. The van der Waals surface area contributed by atoms with Crippen LogP contribution in [0.25, 0.3) is 0 Å². The fourth-order valence-corrected chi connectivity index (χ4v) is 4.85. The number of para-hydroxylation sites is 1. The Balaban J connectivity index is 1.48. The molecule has 35 heavy (non-hydrogen) atoms. The Labute approximate surface area is 209 Å². The van der Waals surface area contributed by atoms with E-state index in [1.54, 1.807) is 6.07 Å². The molecular weight excluding hydrogens is 439 g/mol. The minimum Gasteiger partial charge on any atom is -0.494 e. The molecule has 0 radical (unpaired) electrons. The van der Waals surface area contributed by atoms with Crippen molar-refractivity contribution in [1.82, 2.24) is 4.90 Å². The zero-order chi connectivity index (χ0) is 24.7. The normalized spacial score (nSPS) is 17.1. The van der Waals surface area contributed by atoms with Gasteiger partial charge in [0.1, 0.15) is 11.6 Å². The molecule has 1 saturated heterocycles. The Morgan fingerprint density at radius 1 is 0.914 bits per heavy atom. The number of hydrogen-bond acceptors (Lipinski definition) is 4. The van der Waals surface area contributed by atoms with Gasteiger partial charge in [-0.05, 0) is 48.7 Å². The van der Waals surface area contributed by atoms with Crippen LogP contribution in [-0.2, 0) is 5.60 Å². The van der Waals surface area contributed by atoms with E-state index in [2.05, 4.69) is 28.9 Å². The summed E-state index contributed by atoms with van der Waals surface area (Å²) in [5.41, 5.74) is 1.59. The van der Waals surface area contributed by atoms with E-state index >= 15 is 0 Å². The molecule has 0 bridgehead atoms. The van der Waals surface area contributed by atoms with Gasteiger partial charge in [-0.3, -0.25) is 4.90 Å². The van der Waals surface area contributed by atoms with E-state index in [0.29, 0.717) is 12.3 Å². The molecule has 4 nitrogen and oxygen atoms in total. The van der Waals surface area contributed by atoms with Crippen molar-refractivity contribution in [2.24, 2.45) is 0 Å². The van der Waals surface area contributed by atoms with E-state index in [1.807, 2.05) is 61.5 Å². The minimum absolute atomic E-state index is 0.115. The fraction of sp³-hybridized carbons (Fsp3) is 0.400. The summed E-state index contributed by atoms with van der Waals surface area (Å²) >= 11 is 0. The number of hydrogen-bond donors (Lipinski definition) is 1. The molecule has 1 aliphatic rings. The van der Waals surface area contributed by atoms with Crippen LogP contribution in [0.1, 0.15) is 43.7 Å². The second kappa shape index (κ2) is 11.7. The number of benzene rings is 3. The van der Waals surface area contributed by atoms with Gasteiger partial charge in [0.25, 0.3) is 0 Å². The first-order chi connectivity index (χ1) is 17.0. The minimum atomic E-state index is -1.06. The van der Waals surface area contributed by atoms with Crippen molar-refractivity contribution in [2.45, 2.75) is 38.2 Å². The third kappa shape index (κ3) is 6.22. The van der Waals surface area contributed by atoms with Crippen LogP contribution in [0.15, 0.2) is 78.9 Å². The molecule has 1 aliphatic heterocycles. The van der Waals surface area contributed by atoms with E-state index in [-0.39, 0.29) is 11.7 Å².